The molecule has 20 heteroatoms. The first kappa shape index (κ1) is 55.6. The summed E-state index contributed by atoms with van der Waals surface area (Å²) >= 11 is 4.68. The molecule has 5 N–H and O–H groups in total. The molecule has 2 heterocycles. The third-order valence-corrected chi connectivity index (χ3v) is 16.1. The van der Waals surface area contributed by atoms with Gasteiger partial charge in [-0.1, -0.05) is 62.5 Å². The Kier molecular flexibility index (Phi) is 20.7. The van der Waals surface area contributed by atoms with E-state index in [1.807, 2.05) is 48.0 Å². The minimum absolute atomic E-state index is 0.0166. The number of carbonyl (C=O) groups is 2. The highest BCUT2D eigenvalue weighted by Gasteiger charge is 2.48. The molecule has 0 amide bonds. The highest BCUT2D eigenvalue weighted by atomic mass is 127. The summed E-state index contributed by atoms with van der Waals surface area (Å²) in [6.45, 7) is 5.13. The van der Waals surface area contributed by atoms with Crippen LogP contribution in [-0.2, 0) is 50.8 Å². The number of unbranched alkanes of at least 4 members (excludes halogenated alkanes) is 7. The number of allylic oxidation sites excluding steroid dienone is 8. The largest absolute Gasteiger partial charge is 0.481 e. The van der Waals surface area contributed by atoms with Crippen LogP contribution in [0.5, 0.6) is 0 Å². The third kappa shape index (κ3) is 16.0. The average Bonchev–Trinajstić information content (AvgIpc) is 3.57. The number of anilines is 1. The van der Waals surface area contributed by atoms with Gasteiger partial charge >= 0.3 is 11.9 Å². The number of carboxylic acid groups (broad SMARTS) is 2. The number of halogens is 2. The summed E-state index contributed by atoms with van der Waals surface area (Å²) < 4.78 is 103. The van der Waals surface area contributed by atoms with Gasteiger partial charge in [0.2, 0.25) is 5.69 Å². The molecule has 2 aromatic rings. The summed E-state index contributed by atoms with van der Waals surface area (Å²) in [4.78, 5) is 24.4. The minimum atomic E-state index is -4.56. The van der Waals surface area contributed by atoms with Crippen molar-refractivity contribution in [3.05, 3.63) is 96.8 Å². The van der Waals surface area contributed by atoms with Gasteiger partial charge in [-0.2, -0.15) is 29.8 Å². The first-order valence-electron chi connectivity index (χ1n) is 22.0. The molecule has 0 spiro atoms. The Morgan fingerprint density at radius 1 is 0.682 bits per heavy atom. The molecule has 364 valence electrons. The number of carboxylic acids is 2. The second-order valence-corrected chi connectivity index (χ2v) is 24.2. The van der Waals surface area contributed by atoms with Crippen LogP contribution in [-0.4, -0.2) is 95.9 Å². The lowest BCUT2D eigenvalue weighted by molar-refractivity contribution is -0.438. The van der Waals surface area contributed by atoms with E-state index in [1.165, 1.54) is 17.7 Å². The molecule has 0 fully saturated rings. The second-order valence-electron chi connectivity index (χ2n) is 17.2. The van der Waals surface area contributed by atoms with Gasteiger partial charge in [0.1, 0.15) is 6.54 Å². The van der Waals surface area contributed by atoms with Gasteiger partial charge in [0, 0.05) is 73.0 Å². The molecular formula is C46H61I2N2O13S3+. The molecule has 2 aliphatic rings. The van der Waals surface area contributed by atoms with Gasteiger partial charge in [-0.15, -0.1) is 0 Å². The van der Waals surface area contributed by atoms with Crippen molar-refractivity contribution in [1.29, 1.82) is 0 Å². The highest BCUT2D eigenvalue weighted by molar-refractivity contribution is 14.1. The quantitative estimate of drug-likeness (QED) is 0.0175. The van der Waals surface area contributed by atoms with E-state index in [0.29, 0.717) is 82.1 Å². The van der Waals surface area contributed by atoms with Gasteiger partial charge in [0.15, 0.2) is 5.71 Å². The highest BCUT2D eigenvalue weighted by Crippen LogP contribution is 2.53. The zero-order valence-corrected chi connectivity index (χ0v) is 44.0. The SMILES string of the molecule is CC1(CCCCCC(=O)O)C(/C=C/C=C/C=C/C=C2\N(CCCCCS(=O)(=O)O)c3cc(I)cc(I)c3C2(C)CCCCCC(=O)O)=[N+](CCCCS(=O)(=O)O)c2ccc(S(=O)(=O)O)cc21. The average molecular weight is 1200 g/mol. The zero-order chi connectivity index (χ0) is 48.9. The van der Waals surface area contributed by atoms with Gasteiger partial charge < -0.3 is 15.1 Å². The molecule has 0 aliphatic carbocycles. The van der Waals surface area contributed by atoms with Crippen LogP contribution in [0.4, 0.5) is 11.4 Å². The molecule has 15 nitrogen and oxygen atoms in total. The van der Waals surface area contributed by atoms with Gasteiger partial charge in [-0.3, -0.25) is 23.2 Å². The zero-order valence-electron chi connectivity index (χ0n) is 37.2. The molecular weight excluding hydrogens is 1140 g/mol. The lowest BCUT2D eigenvalue weighted by atomic mass is 9.75. The van der Waals surface area contributed by atoms with Crippen LogP contribution < -0.4 is 4.90 Å². The van der Waals surface area contributed by atoms with E-state index in [4.69, 9.17) is 0 Å². The van der Waals surface area contributed by atoms with Gasteiger partial charge in [-0.05, 0) is 134 Å². The van der Waals surface area contributed by atoms with Crippen molar-refractivity contribution in [1.82, 2.24) is 0 Å². The maximum Gasteiger partial charge on any atom is 0.303 e. The summed E-state index contributed by atoms with van der Waals surface area (Å²) in [5.74, 6) is -2.44. The van der Waals surface area contributed by atoms with E-state index in [1.54, 1.807) is 6.07 Å². The third-order valence-electron chi connectivity index (χ3n) is 12.1. The monoisotopic (exact) mass is 1200 g/mol. The Balaban J connectivity index is 1.70. The minimum Gasteiger partial charge on any atom is -0.481 e. The first-order valence-corrected chi connectivity index (χ1v) is 28.8. The molecule has 2 aromatic carbocycles. The Morgan fingerprint density at radius 2 is 1.24 bits per heavy atom. The van der Waals surface area contributed by atoms with E-state index < -0.39 is 58.9 Å². The van der Waals surface area contributed by atoms with Crippen molar-refractivity contribution in [2.45, 2.75) is 126 Å². The van der Waals surface area contributed by atoms with Crippen LogP contribution >= 0.6 is 45.2 Å². The van der Waals surface area contributed by atoms with Crippen molar-refractivity contribution in [3.8, 4) is 0 Å². The Hall–Kier alpha value is -3.00. The summed E-state index contributed by atoms with van der Waals surface area (Å²) in [6.07, 6.45) is 20.8. The number of hydrogen-bond acceptors (Lipinski definition) is 9. The standard InChI is InChI=1S/C46H60I2N2O13S3/c1-45(25-13-6-11-21-42(51)52)36-33-35(66(61,62)63)23-24-38(36)49(28-16-18-30-65(58,59)60)40(45)19-9-4-3-5-10-20-41-46(2,26-14-7-12-22-43(53)54)44-37(48)31-34(47)32-39(44)50(41)27-15-8-17-29-64(55,56)57/h3-5,9-10,19-20,23-24,31-33H,6-8,11-18,21-22,25-30H2,1-2H3,(H4-,51,52,53,54,55,56,57,58,59,60,61,62,63)/p+1. The molecule has 4 rings (SSSR count). The number of aliphatic carboxylic acids is 2. The molecule has 0 saturated carbocycles. The fourth-order valence-electron chi connectivity index (χ4n) is 8.97. The normalized spacial score (nSPS) is 19.6. The summed E-state index contributed by atoms with van der Waals surface area (Å²) in [7, 11) is -12.8. The Bertz CT molecular complexity index is 2590. The second kappa shape index (κ2) is 24.5. The van der Waals surface area contributed by atoms with E-state index >= 15 is 0 Å². The van der Waals surface area contributed by atoms with Gasteiger partial charge in [-0.25, -0.2) is 0 Å². The van der Waals surface area contributed by atoms with Crippen LogP contribution in [0.15, 0.2) is 83.5 Å². The maximum absolute atomic E-state index is 12.3. The van der Waals surface area contributed by atoms with Crippen LogP contribution in [0.3, 0.4) is 0 Å². The van der Waals surface area contributed by atoms with E-state index in [9.17, 15) is 58.7 Å². The molecule has 0 bridgehead atoms. The molecule has 2 unspecified atom stereocenters. The number of hydrogen-bond donors (Lipinski definition) is 5. The van der Waals surface area contributed by atoms with Crippen LogP contribution in [0.25, 0.3) is 0 Å². The predicted molar refractivity (Wildman–Crippen MR) is 273 cm³/mol. The van der Waals surface area contributed by atoms with Crippen molar-refractivity contribution in [2.24, 2.45) is 0 Å². The number of rotatable bonds is 28. The molecule has 0 saturated heterocycles. The lowest BCUT2D eigenvalue weighted by Crippen LogP contribution is -2.31. The lowest BCUT2D eigenvalue weighted by Gasteiger charge is -2.31. The summed E-state index contributed by atoms with van der Waals surface area (Å²) in [5.41, 5.74) is 4.23. The van der Waals surface area contributed by atoms with E-state index in [0.717, 1.165) is 43.5 Å². The number of nitrogens with zero attached hydrogens (tertiary/aromatic N) is 2. The fraction of sp³-hybridized carbons (Fsp3) is 0.500. The molecule has 66 heavy (non-hydrogen) atoms. The van der Waals surface area contributed by atoms with Crippen LogP contribution in [0.1, 0.15) is 121 Å². The van der Waals surface area contributed by atoms with Crippen molar-refractivity contribution < 1.29 is 63.3 Å². The van der Waals surface area contributed by atoms with Gasteiger partial charge in [0.05, 0.1) is 21.8 Å². The predicted octanol–water partition coefficient (Wildman–Crippen LogP) is 9.63. The van der Waals surface area contributed by atoms with Gasteiger partial charge in [0.25, 0.3) is 30.4 Å². The van der Waals surface area contributed by atoms with E-state index in [2.05, 4.69) is 75.2 Å². The van der Waals surface area contributed by atoms with Crippen molar-refractivity contribution >= 4 is 105 Å². The number of benzene rings is 2. The number of fused-ring (bicyclic) bond motifs is 2. The first-order chi connectivity index (χ1) is 30.9. The molecule has 0 aromatic heterocycles. The maximum atomic E-state index is 12.3. The van der Waals surface area contributed by atoms with Crippen molar-refractivity contribution in [2.75, 3.05) is 29.5 Å². The molecule has 2 atom stereocenters. The smallest absolute Gasteiger partial charge is 0.303 e. The van der Waals surface area contributed by atoms with Crippen molar-refractivity contribution in [3.63, 3.8) is 0 Å². The fourth-order valence-corrected chi connectivity index (χ4v) is 13.0. The Morgan fingerprint density at radius 3 is 1.83 bits per heavy atom. The molecule has 2 aliphatic heterocycles. The Labute approximate surface area is 416 Å². The van der Waals surface area contributed by atoms with Crippen LogP contribution in [0, 0.1) is 7.14 Å². The summed E-state index contributed by atoms with van der Waals surface area (Å²) in [6, 6.07) is 8.68. The summed E-state index contributed by atoms with van der Waals surface area (Å²) in [5, 5.41) is 18.4. The van der Waals surface area contributed by atoms with Crippen LogP contribution in [0.2, 0.25) is 0 Å². The topological polar surface area (TPSA) is 244 Å². The van der Waals surface area contributed by atoms with E-state index in [-0.39, 0.29) is 29.9 Å². The molecule has 0 radical (unpaired) electrons.